The Hall–Kier alpha value is -2.70. The van der Waals surface area contributed by atoms with Gasteiger partial charge in [0.15, 0.2) is 11.9 Å². The maximum Gasteiger partial charge on any atom is 0.268 e. The van der Waals surface area contributed by atoms with Crippen LogP contribution in [0.25, 0.3) is 11.3 Å². The number of halogens is 1. The molecule has 154 valence electrons. The molecule has 5 nitrogen and oxygen atoms in total. The summed E-state index contributed by atoms with van der Waals surface area (Å²) < 4.78 is 5.92. The van der Waals surface area contributed by atoms with E-state index in [0.29, 0.717) is 28.4 Å². The van der Waals surface area contributed by atoms with Crippen molar-refractivity contribution in [2.45, 2.75) is 33.3 Å². The molecule has 0 bridgehead atoms. The van der Waals surface area contributed by atoms with Crippen molar-refractivity contribution in [3.05, 3.63) is 62.9 Å². The van der Waals surface area contributed by atoms with E-state index in [1.165, 1.54) is 4.90 Å². The van der Waals surface area contributed by atoms with Gasteiger partial charge < -0.3 is 4.74 Å². The highest BCUT2D eigenvalue weighted by Gasteiger charge is 2.35. The second-order valence-electron chi connectivity index (χ2n) is 7.19. The number of ether oxygens (including phenoxy) is 1. The summed E-state index contributed by atoms with van der Waals surface area (Å²) >= 11 is 7.56. The van der Waals surface area contributed by atoms with Gasteiger partial charge in [0.2, 0.25) is 0 Å². The van der Waals surface area contributed by atoms with E-state index in [2.05, 4.69) is 4.98 Å². The lowest BCUT2D eigenvalue weighted by molar-refractivity contribution is -0.126. The first-order valence-electron chi connectivity index (χ1n) is 9.72. The third-order valence-electron chi connectivity index (χ3n) is 5.08. The van der Waals surface area contributed by atoms with E-state index < -0.39 is 6.10 Å². The first-order chi connectivity index (χ1) is 14.4. The highest BCUT2D eigenvalue weighted by molar-refractivity contribution is 7.11. The second kappa shape index (κ2) is 8.20. The van der Waals surface area contributed by atoms with Crippen molar-refractivity contribution >= 4 is 40.3 Å². The number of thiazole rings is 1. The first-order valence-corrected chi connectivity index (χ1v) is 10.9. The van der Waals surface area contributed by atoms with Gasteiger partial charge in [-0.2, -0.15) is 0 Å². The number of carbonyl (C=O) groups is 2. The van der Waals surface area contributed by atoms with Gasteiger partial charge in [-0.3, -0.25) is 14.5 Å². The van der Waals surface area contributed by atoms with Crippen LogP contribution in [-0.4, -0.2) is 29.3 Å². The van der Waals surface area contributed by atoms with Gasteiger partial charge in [-0.25, -0.2) is 4.98 Å². The molecule has 1 unspecified atom stereocenters. The van der Waals surface area contributed by atoms with Gasteiger partial charge in [0.1, 0.15) is 5.75 Å². The van der Waals surface area contributed by atoms with Crippen molar-refractivity contribution in [3.8, 4) is 17.0 Å². The van der Waals surface area contributed by atoms with Crippen LogP contribution in [0, 0.1) is 13.8 Å². The van der Waals surface area contributed by atoms with Gasteiger partial charge in [0.25, 0.3) is 5.91 Å². The van der Waals surface area contributed by atoms with Gasteiger partial charge in [0, 0.05) is 21.0 Å². The van der Waals surface area contributed by atoms with Gasteiger partial charge in [0.05, 0.1) is 22.9 Å². The standard InChI is InChI=1S/C23H21ClN2O3S/c1-4-20-23(28)26(12-19(27)15-5-8-17(24)9-6-15)18-11-16(7-10-21(18)29-20)22-13(2)30-14(3)25-22/h5-11,20H,4,12H2,1-3H3. The number of hydrogen-bond acceptors (Lipinski definition) is 5. The number of hydrogen-bond donors (Lipinski definition) is 0. The zero-order chi connectivity index (χ0) is 21.4. The molecule has 2 aromatic carbocycles. The van der Waals surface area contributed by atoms with Crippen molar-refractivity contribution in [2.75, 3.05) is 11.4 Å². The number of aryl methyl sites for hydroxylation is 2. The number of amides is 1. The predicted octanol–water partition coefficient (Wildman–Crippen LogP) is 5.47. The zero-order valence-corrected chi connectivity index (χ0v) is 18.5. The lowest BCUT2D eigenvalue weighted by Crippen LogP contribution is -2.47. The molecule has 1 amide bonds. The van der Waals surface area contributed by atoms with Crippen LogP contribution in [0.15, 0.2) is 42.5 Å². The fourth-order valence-electron chi connectivity index (χ4n) is 3.56. The molecule has 0 aliphatic carbocycles. The minimum Gasteiger partial charge on any atom is -0.478 e. The largest absolute Gasteiger partial charge is 0.478 e. The number of ketones is 1. The summed E-state index contributed by atoms with van der Waals surface area (Å²) in [6.45, 7) is 5.82. The van der Waals surface area contributed by atoms with Crippen LogP contribution in [0.2, 0.25) is 5.02 Å². The molecule has 1 aromatic heterocycles. The number of fused-ring (bicyclic) bond motifs is 1. The van der Waals surface area contributed by atoms with Crippen molar-refractivity contribution in [1.29, 1.82) is 0 Å². The average molecular weight is 441 g/mol. The Bertz CT molecular complexity index is 1120. The Labute approximate surface area is 184 Å². The summed E-state index contributed by atoms with van der Waals surface area (Å²) in [4.78, 5) is 33.2. The van der Waals surface area contributed by atoms with E-state index in [-0.39, 0.29) is 18.2 Å². The van der Waals surface area contributed by atoms with E-state index in [4.69, 9.17) is 16.3 Å². The summed E-state index contributed by atoms with van der Waals surface area (Å²) in [6, 6.07) is 12.4. The molecule has 0 radical (unpaired) electrons. The Morgan fingerprint density at radius 3 is 2.57 bits per heavy atom. The number of Topliss-reactive ketones (excluding diaryl/α,β-unsaturated/α-hetero) is 1. The zero-order valence-electron chi connectivity index (χ0n) is 16.9. The summed E-state index contributed by atoms with van der Waals surface area (Å²) in [6.07, 6.45) is -0.0830. The molecule has 30 heavy (non-hydrogen) atoms. The first kappa shape index (κ1) is 20.6. The molecule has 0 fully saturated rings. The van der Waals surface area contributed by atoms with E-state index in [1.54, 1.807) is 35.6 Å². The fraction of sp³-hybridized carbons (Fsp3) is 0.261. The van der Waals surface area contributed by atoms with Gasteiger partial charge in [-0.15, -0.1) is 11.3 Å². The van der Waals surface area contributed by atoms with Crippen LogP contribution in [-0.2, 0) is 4.79 Å². The topological polar surface area (TPSA) is 59.5 Å². The van der Waals surface area contributed by atoms with Gasteiger partial charge >= 0.3 is 0 Å². The molecular formula is C23H21ClN2O3S. The fourth-order valence-corrected chi connectivity index (χ4v) is 4.53. The SMILES string of the molecule is CCC1Oc2ccc(-c3nc(C)sc3C)cc2N(CC(=O)c2ccc(Cl)cc2)C1=O. The minimum atomic E-state index is -0.607. The Balaban J connectivity index is 1.73. The molecule has 1 aliphatic heterocycles. The lowest BCUT2D eigenvalue weighted by Gasteiger charge is -2.34. The van der Waals surface area contributed by atoms with E-state index in [9.17, 15) is 9.59 Å². The van der Waals surface area contributed by atoms with E-state index >= 15 is 0 Å². The van der Waals surface area contributed by atoms with Crippen molar-refractivity contribution < 1.29 is 14.3 Å². The monoisotopic (exact) mass is 440 g/mol. The number of nitrogens with zero attached hydrogens (tertiary/aromatic N) is 2. The molecule has 2 heterocycles. The molecule has 4 rings (SSSR count). The highest BCUT2D eigenvalue weighted by Crippen LogP contribution is 2.39. The number of rotatable bonds is 5. The maximum absolute atomic E-state index is 13.1. The average Bonchev–Trinajstić information content (AvgIpc) is 3.07. The van der Waals surface area contributed by atoms with Crippen molar-refractivity contribution in [1.82, 2.24) is 4.98 Å². The van der Waals surface area contributed by atoms with Crippen LogP contribution in [0.4, 0.5) is 5.69 Å². The Morgan fingerprint density at radius 2 is 1.93 bits per heavy atom. The number of benzene rings is 2. The molecule has 0 N–H and O–H groups in total. The molecule has 7 heteroatoms. The number of aromatic nitrogens is 1. The molecule has 0 spiro atoms. The molecule has 1 atom stereocenters. The molecule has 0 saturated heterocycles. The highest BCUT2D eigenvalue weighted by atomic mass is 35.5. The van der Waals surface area contributed by atoms with Gasteiger partial charge in [-0.1, -0.05) is 18.5 Å². The van der Waals surface area contributed by atoms with Crippen LogP contribution >= 0.6 is 22.9 Å². The third kappa shape index (κ3) is 3.85. The third-order valence-corrected chi connectivity index (χ3v) is 6.21. The number of anilines is 1. The Kier molecular flexibility index (Phi) is 5.62. The van der Waals surface area contributed by atoms with Gasteiger partial charge in [-0.05, 0) is 62.7 Å². The van der Waals surface area contributed by atoms with Crippen molar-refractivity contribution in [2.24, 2.45) is 0 Å². The smallest absolute Gasteiger partial charge is 0.268 e. The quantitative estimate of drug-likeness (QED) is 0.494. The lowest BCUT2D eigenvalue weighted by atomic mass is 10.0. The minimum absolute atomic E-state index is 0.0636. The van der Waals surface area contributed by atoms with E-state index in [0.717, 1.165) is 21.1 Å². The summed E-state index contributed by atoms with van der Waals surface area (Å²) in [5.74, 6) is 0.225. The Morgan fingerprint density at radius 1 is 1.20 bits per heavy atom. The second-order valence-corrected chi connectivity index (χ2v) is 9.03. The summed E-state index contributed by atoms with van der Waals surface area (Å²) in [5, 5.41) is 1.54. The molecule has 0 saturated carbocycles. The normalized spacial score (nSPS) is 15.7. The molecular weight excluding hydrogens is 420 g/mol. The summed E-state index contributed by atoms with van der Waals surface area (Å²) in [5.41, 5.74) is 2.88. The molecule has 3 aromatic rings. The predicted molar refractivity (Wildman–Crippen MR) is 120 cm³/mol. The number of carbonyl (C=O) groups excluding carboxylic acids is 2. The van der Waals surface area contributed by atoms with Crippen LogP contribution in [0.3, 0.4) is 0 Å². The van der Waals surface area contributed by atoms with Crippen LogP contribution in [0.1, 0.15) is 33.6 Å². The maximum atomic E-state index is 13.1. The van der Waals surface area contributed by atoms with E-state index in [1.807, 2.05) is 39.0 Å². The summed E-state index contributed by atoms with van der Waals surface area (Å²) in [7, 11) is 0. The molecule has 1 aliphatic rings. The van der Waals surface area contributed by atoms with Crippen molar-refractivity contribution in [3.63, 3.8) is 0 Å². The van der Waals surface area contributed by atoms with Crippen LogP contribution < -0.4 is 9.64 Å². The van der Waals surface area contributed by atoms with Crippen LogP contribution in [0.5, 0.6) is 5.75 Å².